The van der Waals surface area contributed by atoms with Crippen LogP contribution in [0.15, 0.2) is 29.6 Å². The molecule has 1 aliphatic rings. The molecule has 3 nitrogen and oxygen atoms in total. The first kappa shape index (κ1) is 12.7. The summed E-state index contributed by atoms with van der Waals surface area (Å²) in [6, 6.07) is 6.91. The van der Waals surface area contributed by atoms with Gasteiger partial charge in [0.1, 0.15) is 11.0 Å². The molecular formula is C13H13ClFN3S. The molecule has 1 aromatic heterocycles. The maximum absolute atomic E-state index is 13.7. The van der Waals surface area contributed by atoms with Crippen molar-refractivity contribution >= 4 is 33.8 Å². The second-order valence-corrected chi connectivity index (χ2v) is 5.60. The van der Waals surface area contributed by atoms with Gasteiger partial charge in [-0.25, -0.2) is 9.37 Å². The average Bonchev–Trinajstić information content (AvgIpc) is 2.86. The minimum Gasteiger partial charge on any atom is -0.366 e. The Hall–Kier alpha value is -1.33. The molecule has 2 heterocycles. The van der Waals surface area contributed by atoms with Gasteiger partial charge in [-0.2, -0.15) is 0 Å². The van der Waals surface area contributed by atoms with Crippen LogP contribution in [-0.4, -0.2) is 31.2 Å². The van der Waals surface area contributed by atoms with Crippen molar-refractivity contribution in [2.24, 2.45) is 0 Å². The number of rotatable bonds is 2. The van der Waals surface area contributed by atoms with Crippen molar-refractivity contribution in [2.75, 3.05) is 36.0 Å². The summed E-state index contributed by atoms with van der Waals surface area (Å²) in [5, 5.41) is 3.31. The number of piperazine rings is 1. The highest BCUT2D eigenvalue weighted by Gasteiger charge is 2.20. The highest BCUT2D eigenvalue weighted by atomic mass is 35.5. The third-order valence-electron chi connectivity index (χ3n) is 3.21. The van der Waals surface area contributed by atoms with E-state index in [9.17, 15) is 4.39 Å². The Morgan fingerprint density at radius 2 is 1.79 bits per heavy atom. The first-order chi connectivity index (χ1) is 9.24. The van der Waals surface area contributed by atoms with E-state index < -0.39 is 0 Å². The second-order valence-electron chi connectivity index (χ2n) is 4.38. The molecule has 1 aromatic carbocycles. The summed E-state index contributed by atoms with van der Waals surface area (Å²) in [7, 11) is 0. The van der Waals surface area contributed by atoms with Gasteiger partial charge in [-0.15, -0.1) is 11.3 Å². The first-order valence-electron chi connectivity index (χ1n) is 6.09. The normalized spacial score (nSPS) is 15.9. The van der Waals surface area contributed by atoms with Crippen LogP contribution >= 0.6 is 22.9 Å². The lowest BCUT2D eigenvalue weighted by molar-refractivity contribution is 0.597. The van der Waals surface area contributed by atoms with Crippen LogP contribution in [0.3, 0.4) is 0 Å². The third-order valence-corrected chi connectivity index (χ3v) is 4.43. The summed E-state index contributed by atoms with van der Waals surface area (Å²) >= 11 is 7.38. The van der Waals surface area contributed by atoms with Crippen LogP contribution < -0.4 is 9.80 Å². The maximum Gasteiger partial charge on any atom is 0.186 e. The van der Waals surface area contributed by atoms with Gasteiger partial charge < -0.3 is 9.80 Å². The number of anilines is 2. The number of benzene rings is 1. The summed E-state index contributed by atoms with van der Waals surface area (Å²) in [4.78, 5) is 8.53. The Balaban J connectivity index is 1.68. The van der Waals surface area contributed by atoms with Gasteiger partial charge in [0.2, 0.25) is 0 Å². The third kappa shape index (κ3) is 2.67. The minimum atomic E-state index is -0.159. The van der Waals surface area contributed by atoms with Gasteiger partial charge in [0, 0.05) is 31.6 Å². The fraction of sp³-hybridized carbons (Fsp3) is 0.308. The van der Waals surface area contributed by atoms with Crippen molar-refractivity contribution in [3.63, 3.8) is 0 Å². The van der Waals surface area contributed by atoms with Gasteiger partial charge in [0.25, 0.3) is 0 Å². The van der Waals surface area contributed by atoms with Crippen molar-refractivity contribution in [2.45, 2.75) is 0 Å². The van der Waals surface area contributed by atoms with Gasteiger partial charge in [-0.05, 0) is 12.1 Å². The van der Waals surface area contributed by atoms with Crippen molar-refractivity contribution in [1.82, 2.24) is 4.98 Å². The lowest BCUT2D eigenvalue weighted by atomic mass is 10.2. The number of thiazole rings is 1. The van der Waals surface area contributed by atoms with E-state index in [1.807, 2.05) is 17.5 Å². The van der Waals surface area contributed by atoms with E-state index in [1.165, 1.54) is 6.07 Å². The number of nitrogens with zero attached hydrogens (tertiary/aromatic N) is 3. The Morgan fingerprint density at radius 1 is 1.11 bits per heavy atom. The fourth-order valence-corrected chi connectivity index (χ4v) is 3.24. The van der Waals surface area contributed by atoms with Crippen molar-refractivity contribution < 1.29 is 4.39 Å². The molecule has 1 saturated heterocycles. The zero-order chi connectivity index (χ0) is 13.2. The monoisotopic (exact) mass is 297 g/mol. The summed E-state index contributed by atoms with van der Waals surface area (Å²) in [6.45, 7) is 3.24. The van der Waals surface area contributed by atoms with Crippen LogP contribution in [-0.2, 0) is 0 Å². The number of hydrogen-bond acceptors (Lipinski definition) is 4. The Kier molecular flexibility index (Phi) is 3.57. The first-order valence-corrected chi connectivity index (χ1v) is 7.35. The fourth-order valence-electron chi connectivity index (χ4n) is 2.24. The van der Waals surface area contributed by atoms with Gasteiger partial charge in [0.15, 0.2) is 5.13 Å². The molecule has 0 bridgehead atoms. The molecule has 0 unspecified atom stereocenters. The molecule has 1 fully saturated rings. The summed E-state index contributed by atoms with van der Waals surface area (Å²) in [6.07, 6.45) is 0. The van der Waals surface area contributed by atoms with Crippen LogP contribution in [0.1, 0.15) is 0 Å². The van der Waals surface area contributed by atoms with Crippen molar-refractivity contribution in [3.05, 3.63) is 40.6 Å². The topological polar surface area (TPSA) is 19.4 Å². The standard InChI is InChI=1S/C13H13ClFN3S/c14-12-9-19-13(16-12)18-7-5-17(6-8-18)11-4-2-1-3-10(11)15/h1-4,9H,5-8H2. The molecule has 0 spiro atoms. The number of halogens is 2. The largest absolute Gasteiger partial charge is 0.366 e. The van der Waals surface area contributed by atoms with Crippen LogP contribution in [0, 0.1) is 5.82 Å². The molecule has 19 heavy (non-hydrogen) atoms. The molecule has 2 aromatic rings. The highest BCUT2D eigenvalue weighted by molar-refractivity contribution is 7.14. The van der Waals surface area contributed by atoms with E-state index >= 15 is 0 Å². The SMILES string of the molecule is Fc1ccccc1N1CCN(c2nc(Cl)cs2)CC1. The van der Waals surface area contributed by atoms with Gasteiger partial charge in [0.05, 0.1) is 5.69 Å². The van der Waals surface area contributed by atoms with E-state index in [2.05, 4.69) is 14.8 Å². The Morgan fingerprint density at radius 3 is 2.42 bits per heavy atom. The molecular weight excluding hydrogens is 285 g/mol. The van der Waals surface area contributed by atoms with Gasteiger partial charge in [-0.3, -0.25) is 0 Å². The zero-order valence-corrected chi connectivity index (χ0v) is 11.8. The second kappa shape index (κ2) is 5.35. The van der Waals surface area contributed by atoms with Gasteiger partial charge in [-0.1, -0.05) is 23.7 Å². The van der Waals surface area contributed by atoms with Crippen molar-refractivity contribution in [1.29, 1.82) is 0 Å². The zero-order valence-electron chi connectivity index (χ0n) is 10.2. The maximum atomic E-state index is 13.7. The Bertz CT molecular complexity index is 567. The van der Waals surface area contributed by atoms with Crippen LogP contribution in [0.4, 0.5) is 15.2 Å². The predicted octanol–water partition coefficient (Wildman–Crippen LogP) is 3.26. The number of aromatic nitrogens is 1. The molecule has 0 saturated carbocycles. The van der Waals surface area contributed by atoms with Crippen LogP contribution in [0.2, 0.25) is 5.15 Å². The van der Waals surface area contributed by atoms with E-state index in [-0.39, 0.29) is 5.82 Å². The highest BCUT2D eigenvalue weighted by Crippen LogP contribution is 2.26. The lowest BCUT2D eigenvalue weighted by Crippen LogP contribution is -2.46. The van der Waals surface area contributed by atoms with E-state index in [0.29, 0.717) is 10.8 Å². The molecule has 3 rings (SSSR count). The minimum absolute atomic E-state index is 0.159. The number of hydrogen-bond donors (Lipinski definition) is 0. The summed E-state index contributed by atoms with van der Waals surface area (Å²) in [5.41, 5.74) is 0.680. The van der Waals surface area contributed by atoms with E-state index in [4.69, 9.17) is 11.6 Å². The van der Waals surface area contributed by atoms with Crippen molar-refractivity contribution in [3.8, 4) is 0 Å². The molecule has 0 aliphatic carbocycles. The van der Waals surface area contributed by atoms with Crippen LogP contribution in [0.5, 0.6) is 0 Å². The Labute approximate surface area is 120 Å². The lowest BCUT2D eigenvalue weighted by Gasteiger charge is -2.36. The molecule has 100 valence electrons. The smallest absolute Gasteiger partial charge is 0.186 e. The summed E-state index contributed by atoms with van der Waals surface area (Å²) < 4.78 is 13.7. The quantitative estimate of drug-likeness (QED) is 0.848. The van der Waals surface area contributed by atoms with Crippen LogP contribution in [0.25, 0.3) is 0 Å². The molecule has 6 heteroatoms. The molecule has 0 atom stereocenters. The number of para-hydroxylation sites is 1. The molecule has 0 radical (unpaired) electrons. The average molecular weight is 298 g/mol. The molecule has 0 N–H and O–H groups in total. The predicted molar refractivity (Wildman–Crippen MR) is 78.0 cm³/mol. The molecule has 0 amide bonds. The van der Waals surface area contributed by atoms with Gasteiger partial charge >= 0.3 is 0 Å². The summed E-state index contributed by atoms with van der Waals surface area (Å²) in [5.74, 6) is -0.159. The molecule has 1 aliphatic heterocycles. The van der Waals surface area contributed by atoms with E-state index in [0.717, 1.165) is 31.3 Å². The van der Waals surface area contributed by atoms with E-state index in [1.54, 1.807) is 17.4 Å².